The SMILES string of the molecule is CC(C)(C)c1cccc2c1[Si](C)(C)C=C[Si]2(C)C. The maximum absolute atomic E-state index is 2.58. The van der Waals surface area contributed by atoms with Crippen LogP contribution in [0, 0.1) is 0 Å². The number of fused-ring (bicyclic) bond motifs is 1. The molecule has 0 spiro atoms. The molecule has 0 atom stereocenters. The van der Waals surface area contributed by atoms with Crippen molar-refractivity contribution in [1.82, 2.24) is 0 Å². The van der Waals surface area contributed by atoms with Crippen molar-refractivity contribution < 1.29 is 0 Å². The number of rotatable bonds is 0. The molecule has 0 aromatic heterocycles. The normalized spacial score (nSPS) is 20.6. The summed E-state index contributed by atoms with van der Waals surface area (Å²) in [6, 6.07) is 7.03. The summed E-state index contributed by atoms with van der Waals surface area (Å²) in [6.45, 7) is 17.0. The fourth-order valence-electron chi connectivity index (χ4n) is 3.00. The topological polar surface area (TPSA) is 0 Å². The van der Waals surface area contributed by atoms with E-state index in [1.54, 1.807) is 15.9 Å². The summed E-state index contributed by atoms with van der Waals surface area (Å²) in [6.07, 6.45) is 0. The van der Waals surface area contributed by atoms with Crippen molar-refractivity contribution in [3.05, 3.63) is 35.2 Å². The molecular formula is C16H26Si2. The lowest BCUT2D eigenvalue weighted by atomic mass is 9.87. The Balaban J connectivity index is 2.80. The van der Waals surface area contributed by atoms with E-state index < -0.39 is 16.1 Å². The van der Waals surface area contributed by atoms with Crippen molar-refractivity contribution in [2.75, 3.05) is 0 Å². The monoisotopic (exact) mass is 274 g/mol. The highest BCUT2D eigenvalue weighted by atomic mass is 28.3. The zero-order valence-corrected chi connectivity index (χ0v) is 14.9. The summed E-state index contributed by atoms with van der Waals surface area (Å²) in [5, 5.41) is 3.42. The van der Waals surface area contributed by atoms with Gasteiger partial charge in [-0.3, -0.25) is 0 Å². The van der Waals surface area contributed by atoms with E-state index in [-0.39, 0.29) is 5.41 Å². The highest BCUT2D eigenvalue weighted by Gasteiger charge is 2.38. The summed E-state index contributed by atoms with van der Waals surface area (Å²) in [4.78, 5) is 0. The van der Waals surface area contributed by atoms with Gasteiger partial charge in [-0.2, -0.15) is 0 Å². The third kappa shape index (κ3) is 2.16. The van der Waals surface area contributed by atoms with Crippen LogP contribution in [-0.4, -0.2) is 16.1 Å². The lowest BCUT2D eigenvalue weighted by molar-refractivity contribution is 0.594. The number of benzene rings is 1. The average Bonchev–Trinajstić information content (AvgIpc) is 2.23. The van der Waals surface area contributed by atoms with Gasteiger partial charge in [0.05, 0.1) is 0 Å². The van der Waals surface area contributed by atoms with Crippen molar-refractivity contribution in [2.24, 2.45) is 0 Å². The lowest BCUT2D eigenvalue weighted by Gasteiger charge is -2.39. The van der Waals surface area contributed by atoms with Crippen LogP contribution in [0.4, 0.5) is 0 Å². The molecule has 1 aromatic carbocycles. The van der Waals surface area contributed by atoms with Crippen molar-refractivity contribution in [3.8, 4) is 0 Å². The van der Waals surface area contributed by atoms with Crippen molar-refractivity contribution >= 4 is 26.5 Å². The minimum Gasteiger partial charge on any atom is -0.0978 e. The Hall–Kier alpha value is -0.606. The minimum absolute atomic E-state index is 0.255. The molecule has 0 saturated carbocycles. The third-order valence-corrected chi connectivity index (χ3v) is 10.3. The van der Waals surface area contributed by atoms with Gasteiger partial charge in [0.15, 0.2) is 0 Å². The van der Waals surface area contributed by atoms with Gasteiger partial charge in [0.25, 0.3) is 0 Å². The van der Waals surface area contributed by atoms with Crippen LogP contribution in [-0.2, 0) is 5.41 Å². The van der Waals surface area contributed by atoms with Crippen LogP contribution in [0.15, 0.2) is 29.6 Å². The average molecular weight is 275 g/mol. The highest BCUT2D eigenvalue weighted by Crippen LogP contribution is 2.26. The molecule has 18 heavy (non-hydrogen) atoms. The fraction of sp³-hybridized carbons (Fsp3) is 0.500. The fourth-order valence-corrected chi connectivity index (χ4v) is 11.8. The number of hydrogen-bond donors (Lipinski definition) is 0. The van der Waals surface area contributed by atoms with Crippen LogP contribution < -0.4 is 10.4 Å². The molecule has 0 aliphatic carbocycles. The van der Waals surface area contributed by atoms with E-state index in [0.29, 0.717) is 0 Å². The van der Waals surface area contributed by atoms with Gasteiger partial charge in [-0.15, -0.1) is 0 Å². The van der Waals surface area contributed by atoms with Gasteiger partial charge in [0.2, 0.25) is 0 Å². The van der Waals surface area contributed by atoms with E-state index in [9.17, 15) is 0 Å². The Morgan fingerprint density at radius 3 is 1.94 bits per heavy atom. The molecule has 0 N–H and O–H groups in total. The molecule has 2 rings (SSSR count). The van der Waals surface area contributed by atoms with Gasteiger partial charge >= 0.3 is 0 Å². The van der Waals surface area contributed by atoms with Crippen LogP contribution in [0.5, 0.6) is 0 Å². The highest BCUT2D eigenvalue weighted by molar-refractivity contribution is 7.07. The third-order valence-electron chi connectivity index (χ3n) is 4.13. The smallest absolute Gasteiger partial charge is 0.0978 e. The predicted molar refractivity (Wildman–Crippen MR) is 88.5 cm³/mol. The first kappa shape index (κ1) is 13.8. The zero-order valence-electron chi connectivity index (χ0n) is 12.9. The quantitative estimate of drug-likeness (QED) is 0.636. The van der Waals surface area contributed by atoms with E-state index in [1.165, 1.54) is 0 Å². The van der Waals surface area contributed by atoms with E-state index in [0.717, 1.165) is 0 Å². The van der Waals surface area contributed by atoms with Crippen molar-refractivity contribution in [1.29, 1.82) is 0 Å². The summed E-state index contributed by atoms with van der Waals surface area (Å²) < 4.78 is 0. The molecule has 1 heterocycles. The van der Waals surface area contributed by atoms with Crippen LogP contribution >= 0.6 is 0 Å². The molecular weight excluding hydrogens is 248 g/mol. The Labute approximate surface area is 114 Å². The molecule has 0 radical (unpaired) electrons. The molecule has 98 valence electrons. The van der Waals surface area contributed by atoms with Gasteiger partial charge in [0.1, 0.15) is 16.1 Å². The van der Waals surface area contributed by atoms with Crippen LogP contribution in [0.25, 0.3) is 0 Å². The molecule has 2 heteroatoms. The molecule has 0 fully saturated rings. The summed E-state index contributed by atoms with van der Waals surface area (Å²) in [5.41, 5.74) is 6.98. The first-order valence-electron chi connectivity index (χ1n) is 6.90. The molecule has 0 saturated heterocycles. The maximum atomic E-state index is 2.58. The maximum Gasteiger partial charge on any atom is 0.103 e. The van der Waals surface area contributed by atoms with E-state index in [4.69, 9.17) is 0 Å². The van der Waals surface area contributed by atoms with Gasteiger partial charge < -0.3 is 0 Å². The van der Waals surface area contributed by atoms with Crippen LogP contribution in [0.3, 0.4) is 0 Å². The van der Waals surface area contributed by atoms with E-state index in [1.807, 2.05) is 0 Å². The minimum atomic E-state index is -1.40. The van der Waals surface area contributed by atoms with Crippen molar-refractivity contribution in [3.63, 3.8) is 0 Å². The van der Waals surface area contributed by atoms with Gasteiger partial charge in [-0.05, 0) is 11.0 Å². The second kappa shape index (κ2) is 3.94. The van der Waals surface area contributed by atoms with Gasteiger partial charge in [-0.1, -0.05) is 86.9 Å². The summed E-state index contributed by atoms with van der Waals surface area (Å²) >= 11 is 0. The Morgan fingerprint density at radius 2 is 1.39 bits per heavy atom. The molecule has 0 nitrogen and oxygen atoms in total. The molecule has 0 bridgehead atoms. The number of hydrogen-bond acceptors (Lipinski definition) is 0. The molecule has 1 aromatic rings. The van der Waals surface area contributed by atoms with Crippen LogP contribution in [0.1, 0.15) is 26.3 Å². The molecule has 1 aliphatic heterocycles. The van der Waals surface area contributed by atoms with E-state index >= 15 is 0 Å². The summed E-state index contributed by atoms with van der Waals surface area (Å²) in [7, 11) is -2.76. The van der Waals surface area contributed by atoms with E-state index in [2.05, 4.69) is 76.6 Å². The first-order chi connectivity index (χ1) is 8.06. The molecule has 1 aliphatic rings. The predicted octanol–water partition coefficient (Wildman–Crippen LogP) is 3.46. The molecule has 0 unspecified atom stereocenters. The largest absolute Gasteiger partial charge is 0.103 e. The Kier molecular flexibility index (Phi) is 3.03. The first-order valence-corrected chi connectivity index (χ1v) is 13.1. The lowest BCUT2D eigenvalue weighted by Crippen LogP contribution is -2.63. The van der Waals surface area contributed by atoms with Crippen LogP contribution in [0.2, 0.25) is 26.2 Å². The van der Waals surface area contributed by atoms with Gasteiger partial charge in [-0.25, -0.2) is 0 Å². The summed E-state index contributed by atoms with van der Waals surface area (Å²) in [5.74, 6) is 0. The zero-order chi connectivity index (χ0) is 13.8. The second-order valence-electron chi connectivity index (χ2n) is 7.75. The Morgan fingerprint density at radius 1 is 0.833 bits per heavy atom. The second-order valence-corrected chi connectivity index (χ2v) is 16.3. The van der Waals surface area contributed by atoms with Crippen molar-refractivity contribution in [2.45, 2.75) is 52.4 Å². The molecule has 0 amide bonds. The van der Waals surface area contributed by atoms with Gasteiger partial charge in [0, 0.05) is 0 Å². The Bertz CT molecular complexity index is 502. The standard InChI is InChI=1S/C16H26Si2/c1-16(2,3)13-9-8-10-14-15(13)18(6,7)12-11-17(14,4)5/h8-12H,1-7H3.